The number of aromatic hydroxyl groups is 1. The number of amides is 1. The maximum Gasteiger partial charge on any atom is 0.259 e. The van der Waals surface area contributed by atoms with Gasteiger partial charge >= 0.3 is 0 Å². The van der Waals surface area contributed by atoms with Gasteiger partial charge in [0, 0.05) is 10.7 Å². The van der Waals surface area contributed by atoms with Crippen molar-refractivity contribution in [2.45, 2.75) is 32.6 Å². The second-order valence-corrected chi connectivity index (χ2v) is 5.99. The fourth-order valence-corrected chi connectivity index (χ4v) is 2.41. The van der Waals surface area contributed by atoms with Gasteiger partial charge in [-0.2, -0.15) is 0 Å². The van der Waals surface area contributed by atoms with E-state index < -0.39 is 5.91 Å². The number of phenols is 1. The van der Waals surface area contributed by atoms with Crippen molar-refractivity contribution >= 4 is 23.2 Å². The van der Waals surface area contributed by atoms with Crippen molar-refractivity contribution in [2.24, 2.45) is 0 Å². The number of hydrogen-bond acceptors (Lipinski definition) is 3. The maximum absolute atomic E-state index is 12.2. The minimum absolute atomic E-state index is 0.107. The Kier molecular flexibility index (Phi) is 6.94. The number of benzene rings is 2. The van der Waals surface area contributed by atoms with Gasteiger partial charge in [-0.1, -0.05) is 37.8 Å². The molecule has 0 spiro atoms. The number of ether oxygens (including phenoxy) is 1. The highest BCUT2D eigenvalue weighted by atomic mass is 35.5. The molecule has 0 unspecified atom stereocenters. The highest BCUT2D eigenvalue weighted by Gasteiger charge is 2.12. The van der Waals surface area contributed by atoms with Gasteiger partial charge in [0.15, 0.2) is 0 Å². The molecule has 0 aromatic heterocycles. The van der Waals surface area contributed by atoms with Gasteiger partial charge in [-0.25, -0.2) is 0 Å². The van der Waals surface area contributed by atoms with E-state index in [9.17, 15) is 9.90 Å². The summed E-state index contributed by atoms with van der Waals surface area (Å²) in [5, 5.41) is 12.9. The zero-order valence-corrected chi connectivity index (χ0v) is 14.5. The van der Waals surface area contributed by atoms with Crippen molar-refractivity contribution in [3.63, 3.8) is 0 Å². The standard InChI is InChI=1S/C19H22ClNO3/c1-2-3-4-5-12-24-16-9-7-15(8-10-16)21-19(23)17-13-14(20)6-11-18(17)22/h6-11,13,22H,2-5,12H2,1H3,(H,21,23). The van der Waals surface area contributed by atoms with Crippen LogP contribution in [-0.4, -0.2) is 17.6 Å². The summed E-state index contributed by atoms with van der Waals surface area (Å²) in [7, 11) is 0. The van der Waals surface area contributed by atoms with Crippen molar-refractivity contribution in [3.8, 4) is 11.5 Å². The summed E-state index contributed by atoms with van der Waals surface area (Å²) in [4.78, 5) is 12.2. The first-order valence-corrected chi connectivity index (χ1v) is 8.50. The van der Waals surface area contributed by atoms with E-state index in [4.69, 9.17) is 16.3 Å². The molecule has 0 bridgehead atoms. The molecule has 1 amide bonds. The highest BCUT2D eigenvalue weighted by molar-refractivity contribution is 6.31. The number of anilines is 1. The lowest BCUT2D eigenvalue weighted by atomic mass is 10.2. The number of carbonyl (C=O) groups is 1. The molecule has 0 radical (unpaired) electrons. The fourth-order valence-electron chi connectivity index (χ4n) is 2.24. The first-order valence-electron chi connectivity index (χ1n) is 8.13. The molecule has 0 saturated carbocycles. The van der Waals surface area contributed by atoms with Crippen molar-refractivity contribution in [1.82, 2.24) is 0 Å². The van der Waals surface area contributed by atoms with E-state index in [2.05, 4.69) is 12.2 Å². The van der Waals surface area contributed by atoms with Gasteiger partial charge in [0.25, 0.3) is 5.91 Å². The third kappa shape index (κ3) is 5.46. The Labute approximate surface area is 147 Å². The Hall–Kier alpha value is -2.20. The van der Waals surface area contributed by atoms with Crippen LogP contribution < -0.4 is 10.1 Å². The number of halogens is 1. The predicted molar refractivity (Wildman–Crippen MR) is 97.1 cm³/mol. The van der Waals surface area contributed by atoms with Crippen LogP contribution in [0, 0.1) is 0 Å². The molecule has 0 saturated heterocycles. The van der Waals surface area contributed by atoms with Crippen LogP contribution in [0.4, 0.5) is 5.69 Å². The Morgan fingerprint density at radius 1 is 1.12 bits per heavy atom. The molecule has 0 aliphatic carbocycles. The number of rotatable bonds is 8. The van der Waals surface area contributed by atoms with E-state index in [0.717, 1.165) is 12.2 Å². The molecule has 24 heavy (non-hydrogen) atoms. The summed E-state index contributed by atoms with van der Waals surface area (Å²) in [6.07, 6.45) is 4.65. The van der Waals surface area contributed by atoms with Crippen molar-refractivity contribution in [3.05, 3.63) is 53.1 Å². The Morgan fingerprint density at radius 2 is 1.88 bits per heavy atom. The van der Waals surface area contributed by atoms with Crippen LogP contribution in [0.3, 0.4) is 0 Å². The van der Waals surface area contributed by atoms with E-state index in [0.29, 0.717) is 17.3 Å². The fraction of sp³-hybridized carbons (Fsp3) is 0.316. The monoisotopic (exact) mass is 347 g/mol. The second-order valence-electron chi connectivity index (χ2n) is 5.55. The van der Waals surface area contributed by atoms with Gasteiger partial charge in [-0.3, -0.25) is 4.79 Å². The molecular formula is C19H22ClNO3. The number of nitrogens with one attached hydrogen (secondary N) is 1. The largest absolute Gasteiger partial charge is 0.507 e. The van der Waals surface area contributed by atoms with Crippen LogP contribution in [0.1, 0.15) is 43.0 Å². The number of carbonyl (C=O) groups excluding carboxylic acids is 1. The zero-order chi connectivity index (χ0) is 17.4. The van der Waals surface area contributed by atoms with Crippen molar-refractivity contribution in [1.29, 1.82) is 0 Å². The summed E-state index contributed by atoms with van der Waals surface area (Å²) >= 11 is 5.86. The number of unbranched alkanes of at least 4 members (excludes halogenated alkanes) is 3. The first-order chi connectivity index (χ1) is 11.6. The molecule has 2 N–H and O–H groups in total. The molecule has 2 rings (SSSR count). The quantitative estimate of drug-likeness (QED) is 0.640. The summed E-state index contributed by atoms with van der Waals surface area (Å²) in [6.45, 7) is 2.87. The molecule has 0 fully saturated rings. The molecule has 0 atom stereocenters. The lowest BCUT2D eigenvalue weighted by Gasteiger charge is -2.09. The Morgan fingerprint density at radius 3 is 2.58 bits per heavy atom. The summed E-state index contributed by atoms with van der Waals surface area (Å²) in [6, 6.07) is 11.5. The minimum atomic E-state index is -0.414. The summed E-state index contributed by atoms with van der Waals surface area (Å²) in [5.74, 6) is 0.252. The Balaban J connectivity index is 1.89. The average Bonchev–Trinajstić information content (AvgIpc) is 2.58. The van der Waals surface area contributed by atoms with E-state index in [1.807, 2.05) is 12.1 Å². The van der Waals surface area contributed by atoms with Gasteiger partial charge in [-0.15, -0.1) is 0 Å². The second kappa shape index (κ2) is 9.18. The molecular weight excluding hydrogens is 326 g/mol. The predicted octanol–water partition coefficient (Wildman–Crippen LogP) is 5.26. The van der Waals surface area contributed by atoms with Crippen molar-refractivity contribution < 1.29 is 14.6 Å². The normalized spacial score (nSPS) is 10.4. The highest BCUT2D eigenvalue weighted by Crippen LogP contribution is 2.23. The maximum atomic E-state index is 12.2. The first kappa shape index (κ1) is 18.1. The van der Waals surface area contributed by atoms with Gasteiger partial charge in [0.2, 0.25) is 0 Å². The molecule has 0 aliphatic rings. The Bertz CT molecular complexity index is 671. The third-order valence-electron chi connectivity index (χ3n) is 3.58. The van der Waals surface area contributed by atoms with Crippen LogP contribution in [-0.2, 0) is 0 Å². The molecule has 0 aliphatic heterocycles. The average molecular weight is 348 g/mol. The van der Waals surface area contributed by atoms with E-state index in [1.54, 1.807) is 12.1 Å². The summed E-state index contributed by atoms with van der Waals surface area (Å²) in [5.41, 5.74) is 0.761. The smallest absolute Gasteiger partial charge is 0.259 e. The van der Waals surface area contributed by atoms with Gasteiger partial charge in [0.05, 0.1) is 12.2 Å². The number of hydrogen-bond donors (Lipinski definition) is 2. The zero-order valence-electron chi connectivity index (χ0n) is 13.7. The minimum Gasteiger partial charge on any atom is -0.507 e. The van der Waals surface area contributed by atoms with Crippen LogP contribution in [0.2, 0.25) is 5.02 Å². The van der Waals surface area contributed by atoms with Gasteiger partial charge in [-0.05, 0) is 48.9 Å². The van der Waals surface area contributed by atoms with Crippen molar-refractivity contribution in [2.75, 3.05) is 11.9 Å². The molecule has 2 aromatic rings. The molecule has 5 heteroatoms. The molecule has 2 aromatic carbocycles. The molecule has 4 nitrogen and oxygen atoms in total. The van der Waals surface area contributed by atoms with E-state index in [1.165, 1.54) is 37.5 Å². The van der Waals surface area contributed by atoms with Crippen LogP contribution in [0.25, 0.3) is 0 Å². The SMILES string of the molecule is CCCCCCOc1ccc(NC(=O)c2cc(Cl)ccc2O)cc1. The lowest BCUT2D eigenvalue weighted by molar-refractivity contribution is 0.102. The van der Waals surface area contributed by atoms with E-state index in [-0.39, 0.29) is 11.3 Å². The number of phenolic OH excluding ortho intramolecular Hbond substituents is 1. The lowest BCUT2D eigenvalue weighted by Crippen LogP contribution is -2.12. The van der Waals surface area contributed by atoms with Gasteiger partial charge in [0.1, 0.15) is 11.5 Å². The topological polar surface area (TPSA) is 58.6 Å². The van der Waals surface area contributed by atoms with Gasteiger partial charge < -0.3 is 15.2 Å². The summed E-state index contributed by atoms with van der Waals surface area (Å²) < 4.78 is 5.66. The van der Waals surface area contributed by atoms with Crippen LogP contribution >= 0.6 is 11.6 Å². The third-order valence-corrected chi connectivity index (χ3v) is 3.82. The van der Waals surface area contributed by atoms with E-state index >= 15 is 0 Å². The van der Waals surface area contributed by atoms with Crippen LogP contribution in [0.5, 0.6) is 11.5 Å². The molecule has 0 heterocycles. The van der Waals surface area contributed by atoms with Crippen LogP contribution in [0.15, 0.2) is 42.5 Å². The molecule has 128 valence electrons.